The molecule has 1 amide bonds. The zero-order chi connectivity index (χ0) is 18.9. The highest BCUT2D eigenvalue weighted by molar-refractivity contribution is 14.0. The molecule has 150 valence electrons. The lowest BCUT2D eigenvalue weighted by atomic mass is 10.1. The van der Waals surface area contributed by atoms with Gasteiger partial charge < -0.3 is 15.5 Å². The first kappa shape index (κ1) is 26.7. The summed E-state index contributed by atoms with van der Waals surface area (Å²) in [6.45, 7) is 17.0. The van der Waals surface area contributed by atoms with Crippen molar-refractivity contribution in [2.75, 3.05) is 33.7 Å². The van der Waals surface area contributed by atoms with Crippen LogP contribution in [-0.2, 0) is 4.79 Å². The third kappa shape index (κ3) is 12.4. The van der Waals surface area contributed by atoms with Crippen molar-refractivity contribution < 1.29 is 4.79 Å². The van der Waals surface area contributed by atoms with Gasteiger partial charge in [-0.05, 0) is 54.9 Å². The summed E-state index contributed by atoms with van der Waals surface area (Å²) in [5, 5.41) is 6.31. The number of guanidine groups is 1. The molecule has 0 saturated carbocycles. The van der Waals surface area contributed by atoms with Gasteiger partial charge in [0.05, 0.1) is 6.54 Å². The summed E-state index contributed by atoms with van der Waals surface area (Å²) in [6, 6.07) is 1.10. The summed E-state index contributed by atoms with van der Waals surface area (Å²) >= 11 is 0. The Bertz CT molecular complexity index is 397. The third-order valence-corrected chi connectivity index (χ3v) is 3.67. The van der Waals surface area contributed by atoms with Crippen LogP contribution >= 0.6 is 24.0 Å². The van der Waals surface area contributed by atoms with Crippen molar-refractivity contribution in [3.8, 4) is 0 Å². The van der Waals surface area contributed by atoms with Crippen LogP contribution in [0.3, 0.4) is 0 Å². The second-order valence-electron chi connectivity index (χ2n) is 7.91. The lowest BCUT2D eigenvalue weighted by molar-refractivity contribution is -0.122. The molecule has 0 rings (SSSR count). The van der Waals surface area contributed by atoms with Crippen LogP contribution in [0.25, 0.3) is 0 Å². The minimum atomic E-state index is -0.216. The predicted octanol–water partition coefficient (Wildman–Crippen LogP) is 2.54. The number of halogens is 1. The van der Waals surface area contributed by atoms with E-state index in [4.69, 9.17) is 0 Å². The number of amides is 1. The van der Waals surface area contributed by atoms with Gasteiger partial charge in [0.2, 0.25) is 5.91 Å². The number of nitrogens with one attached hydrogen (secondary N) is 2. The molecule has 0 radical (unpaired) electrons. The standard InChI is InChI=1S/C18H39N5O.HI/c1-14(2)23(15(3)4)12-10-11-20-17(19-8)22(9)13-16(24)21-18(5,6)7;/h14-15H,10-13H2,1-9H3,(H,19,20)(H,21,24);1H. The molecule has 0 spiro atoms. The van der Waals surface area contributed by atoms with Gasteiger partial charge in [-0.3, -0.25) is 14.7 Å². The fourth-order valence-electron chi connectivity index (χ4n) is 2.71. The normalized spacial score (nSPS) is 12.4. The SMILES string of the molecule is CN=C(NCCCN(C(C)C)C(C)C)N(C)CC(=O)NC(C)(C)C.I. The number of nitrogens with zero attached hydrogens (tertiary/aromatic N) is 3. The number of carbonyl (C=O) groups is 1. The van der Waals surface area contributed by atoms with Crippen molar-refractivity contribution in [3.05, 3.63) is 0 Å². The van der Waals surface area contributed by atoms with Gasteiger partial charge >= 0.3 is 0 Å². The average molecular weight is 469 g/mol. The molecule has 0 saturated heterocycles. The number of carbonyl (C=O) groups excluding carboxylic acids is 1. The molecule has 2 N–H and O–H groups in total. The Labute approximate surface area is 172 Å². The number of likely N-dealkylation sites (N-methyl/N-ethyl adjacent to an activating group) is 1. The van der Waals surface area contributed by atoms with Gasteiger partial charge in [-0.25, -0.2) is 0 Å². The molecule has 0 fully saturated rings. The minimum absolute atomic E-state index is 0. The predicted molar refractivity (Wildman–Crippen MR) is 119 cm³/mol. The molecule has 0 aromatic rings. The van der Waals surface area contributed by atoms with Crippen molar-refractivity contribution in [2.45, 2.75) is 72.5 Å². The van der Waals surface area contributed by atoms with E-state index < -0.39 is 0 Å². The Kier molecular flexibility index (Phi) is 13.6. The lowest BCUT2D eigenvalue weighted by Gasteiger charge is -2.30. The maximum atomic E-state index is 12.0. The minimum Gasteiger partial charge on any atom is -0.356 e. The topological polar surface area (TPSA) is 60.0 Å². The van der Waals surface area contributed by atoms with Gasteiger partial charge in [-0.2, -0.15) is 0 Å². The van der Waals surface area contributed by atoms with Crippen molar-refractivity contribution in [2.24, 2.45) is 4.99 Å². The molecule has 0 aliphatic rings. The van der Waals surface area contributed by atoms with Crippen LogP contribution in [0.5, 0.6) is 0 Å². The first-order chi connectivity index (χ1) is 11.0. The Hall–Kier alpha value is -0.570. The van der Waals surface area contributed by atoms with E-state index >= 15 is 0 Å². The maximum Gasteiger partial charge on any atom is 0.240 e. The zero-order valence-electron chi connectivity index (χ0n) is 17.6. The van der Waals surface area contributed by atoms with Crippen LogP contribution in [0.15, 0.2) is 4.99 Å². The Balaban J connectivity index is 0. The fourth-order valence-corrected chi connectivity index (χ4v) is 2.71. The molecule has 7 heteroatoms. The molecular formula is C18H40IN5O. The monoisotopic (exact) mass is 469 g/mol. The lowest BCUT2D eigenvalue weighted by Crippen LogP contribution is -2.49. The van der Waals surface area contributed by atoms with Crippen LogP contribution in [0.2, 0.25) is 0 Å². The second kappa shape index (κ2) is 12.7. The van der Waals surface area contributed by atoms with Crippen molar-refractivity contribution >= 4 is 35.8 Å². The van der Waals surface area contributed by atoms with Gasteiger partial charge in [-0.1, -0.05) is 0 Å². The molecule has 6 nitrogen and oxygen atoms in total. The van der Waals surface area contributed by atoms with E-state index in [1.165, 1.54) is 0 Å². The van der Waals surface area contributed by atoms with Crippen molar-refractivity contribution in [1.29, 1.82) is 0 Å². The molecule has 0 unspecified atom stereocenters. The Morgan fingerprint density at radius 1 is 1.12 bits per heavy atom. The summed E-state index contributed by atoms with van der Waals surface area (Å²) in [7, 11) is 3.63. The number of rotatable bonds is 8. The van der Waals surface area contributed by atoms with Crippen LogP contribution in [0.1, 0.15) is 54.9 Å². The van der Waals surface area contributed by atoms with E-state index in [-0.39, 0.29) is 35.4 Å². The highest BCUT2D eigenvalue weighted by Gasteiger charge is 2.17. The van der Waals surface area contributed by atoms with Crippen LogP contribution < -0.4 is 10.6 Å². The number of hydrogen-bond acceptors (Lipinski definition) is 3. The highest BCUT2D eigenvalue weighted by atomic mass is 127. The van der Waals surface area contributed by atoms with E-state index in [2.05, 4.69) is 48.2 Å². The van der Waals surface area contributed by atoms with E-state index in [1.54, 1.807) is 7.05 Å². The largest absolute Gasteiger partial charge is 0.356 e. The molecule has 0 aromatic carbocycles. The van der Waals surface area contributed by atoms with Crippen LogP contribution in [0, 0.1) is 0 Å². The Morgan fingerprint density at radius 2 is 1.64 bits per heavy atom. The molecule has 0 aliphatic heterocycles. The van der Waals surface area contributed by atoms with Gasteiger partial charge in [0.25, 0.3) is 0 Å². The van der Waals surface area contributed by atoms with Crippen molar-refractivity contribution in [3.63, 3.8) is 0 Å². The molecule has 0 heterocycles. The quantitative estimate of drug-likeness (QED) is 0.248. The third-order valence-electron chi connectivity index (χ3n) is 3.67. The van der Waals surface area contributed by atoms with Gasteiger partial charge in [0, 0.05) is 44.8 Å². The van der Waals surface area contributed by atoms with Gasteiger partial charge in [0.1, 0.15) is 0 Å². The average Bonchev–Trinajstić information content (AvgIpc) is 2.39. The fraction of sp³-hybridized carbons (Fsp3) is 0.889. The summed E-state index contributed by atoms with van der Waals surface area (Å²) in [6.07, 6.45) is 1.04. The van der Waals surface area contributed by atoms with Gasteiger partial charge in [-0.15, -0.1) is 24.0 Å². The maximum absolute atomic E-state index is 12.0. The zero-order valence-corrected chi connectivity index (χ0v) is 20.0. The number of hydrogen-bond donors (Lipinski definition) is 2. The van der Waals surface area contributed by atoms with Crippen LogP contribution in [-0.4, -0.2) is 73.0 Å². The van der Waals surface area contributed by atoms with Crippen LogP contribution in [0.4, 0.5) is 0 Å². The first-order valence-corrected chi connectivity index (χ1v) is 8.96. The molecule has 0 aliphatic carbocycles. The van der Waals surface area contributed by atoms with E-state index in [9.17, 15) is 4.79 Å². The van der Waals surface area contributed by atoms with E-state index in [1.807, 2.05) is 32.7 Å². The second-order valence-corrected chi connectivity index (χ2v) is 7.91. The first-order valence-electron chi connectivity index (χ1n) is 8.96. The molecule has 0 bridgehead atoms. The van der Waals surface area contributed by atoms with E-state index in [0.717, 1.165) is 25.5 Å². The van der Waals surface area contributed by atoms with E-state index in [0.29, 0.717) is 18.6 Å². The number of aliphatic imine (C=N–C) groups is 1. The summed E-state index contributed by atoms with van der Waals surface area (Å²) in [5.74, 6) is 0.749. The smallest absolute Gasteiger partial charge is 0.240 e. The molecular weight excluding hydrogens is 429 g/mol. The Morgan fingerprint density at radius 3 is 2.04 bits per heavy atom. The molecule has 0 atom stereocenters. The highest BCUT2D eigenvalue weighted by Crippen LogP contribution is 2.05. The summed E-state index contributed by atoms with van der Waals surface area (Å²) < 4.78 is 0. The summed E-state index contributed by atoms with van der Waals surface area (Å²) in [5.41, 5.74) is -0.216. The molecule has 0 aromatic heterocycles. The summed E-state index contributed by atoms with van der Waals surface area (Å²) in [4.78, 5) is 20.6. The van der Waals surface area contributed by atoms with Crippen molar-refractivity contribution in [1.82, 2.24) is 20.4 Å². The van der Waals surface area contributed by atoms with Gasteiger partial charge in [0.15, 0.2) is 5.96 Å². The molecule has 25 heavy (non-hydrogen) atoms.